The summed E-state index contributed by atoms with van der Waals surface area (Å²) in [5.41, 5.74) is 4.89. The first-order valence-electron chi connectivity index (χ1n) is 39.5. The zero-order chi connectivity index (χ0) is 86.8. The number of carbonyl (C=O) groups is 4. The Labute approximate surface area is 716 Å². The van der Waals surface area contributed by atoms with Crippen molar-refractivity contribution in [2.75, 3.05) is 92.4 Å². The summed E-state index contributed by atoms with van der Waals surface area (Å²) in [4.78, 5) is 135. The number of hydrogen-bond acceptors (Lipinski definition) is 27. The van der Waals surface area contributed by atoms with Crippen LogP contribution in [0.25, 0.3) is 43.6 Å². The highest BCUT2D eigenvalue weighted by Crippen LogP contribution is 2.35. The third-order valence-corrected chi connectivity index (χ3v) is 20.6. The van der Waals surface area contributed by atoms with Gasteiger partial charge in [0, 0.05) is 116 Å². The second-order valence-corrected chi connectivity index (χ2v) is 30.6. The number of carbonyl (C=O) groups excluding carboxylic acids is 4. The number of benzene rings is 4. The molecule has 0 atom stereocenters. The molecule has 0 aliphatic carbocycles. The Morgan fingerprint density at radius 1 is 0.463 bits per heavy atom. The summed E-state index contributed by atoms with van der Waals surface area (Å²) in [6.07, 6.45) is 12.0. The van der Waals surface area contributed by atoms with Crippen LogP contribution < -0.4 is 67.4 Å². The number of likely N-dealkylation sites (tertiary alicyclic amines) is 1. The first kappa shape index (κ1) is 89.8. The van der Waals surface area contributed by atoms with E-state index in [0.29, 0.717) is 107 Å². The Bertz CT molecular complexity index is 6070. The highest BCUT2D eigenvalue weighted by atomic mass is 35.5. The fourth-order valence-corrected chi connectivity index (χ4v) is 13.9. The number of nitrogens with zero attached hydrogens (tertiary/aromatic N) is 14. The van der Waals surface area contributed by atoms with Gasteiger partial charge < -0.3 is 73.0 Å². The molecule has 1 spiro atoms. The maximum Gasteiger partial charge on any atom is 0.293 e. The number of aryl methyl sites for hydroxylation is 4. The molecular formula is C86H94Cl4N18O13. The molecule has 2 aliphatic heterocycles. The fraction of sp³-hybridized carbons (Fsp3) is 0.349. The molecule has 12 aromatic rings. The predicted molar refractivity (Wildman–Crippen MR) is 472 cm³/mol. The molecule has 0 saturated carbocycles. The normalized spacial score (nSPS) is 12.8. The maximum atomic E-state index is 13.1. The zero-order valence-corrected chi connectivity index (χ0v) is 71.9. The van der Waals surface area contributed by atoms with Crippen LogP contribution in [0.1, 0.15) is 106 Å². The molecule has 35 heteroatoms. The second kappa shape index (κ2) is 41.3. The molecule has 634 valence electrons. The molecule has 2 saturated heterocycles. The number of anilines is 9. The number of likely N-dealkylation sites (N-methyl/N-ethyl adjacent to an activating group) is 1. The van der Waals surface area contributed by atoms with E-state index >= 15 is 0 Å². The van der Waals surface area contributed by atoms with Crippen molar-refractivity contribution in [1.29, 1.82) is 0 Å². The molecular weight excluding hydrogens is 1630 g/mol. The van der Waals surface area contributed by atoms with Crippen molar-refractivity contribution in [3.63, 3.8) is 0 Å². The minimum atomic E-state index is -0.291. The van der Waals surface area contributed by atoms with Crippen LogP contribution in [0.3, 0.4) is 0 Å². The molecule has 10 heterocycles. The van der Waals surface area contributed by atoms with Gasteiger partial charge >= 0.3 is 0 Å². The van der Waals surface area contributed by atoms with Crippen molar-refractivity contribution < 1.29 is 42.9 Å². The lowest BCUT2D eigenvalue weighted by atomic mass is 9.93. The first-order valence-corrected chi connectivity index (χ1v) is 41.0. The van der Waals surface area contributed by atoms with Crippen molar-refractivity contribution in [2.45, 2.75) is 126 Å². The van der Waals surface area contributed by atoms with E-state index in [1.807, 2.05) is 100 Å². The summed E-state index contributed by atoms with van der Waals surface area (Å²) < 4.78 is 34.6. The average molecular weight is 1730 g/mol. The Hall–Kier alpha value is -12.0. The monoisotopic (exact) mass is 1730 g/mol. The number of ether oxygens (including phenoxy) is 5. The standard InChI is InChI=1S/C27H33ClN6O4.C21H23ClN4O3.C20H21ClN4O3.C18H17ClN4O3/c1-5-20(35)13-37-23-11-18-10-19(6-7-22(18)34(17(2)3)25(23)36)30-24-21(28)12-29-26(31-24)33-8-9-38-27(16-33)14-32(4)15-27;1-4-8-26-18-7-6-15(25-20-17(22)11-23-13(3)24-20)9-14(18)10-19(21(26)28)29-12-16(27)5-2;1-3-7-25-17-6-5-14(24-19-16(21)10-22-12-23-19)8-13(17)9-18(20(25)27)28-11-15(26)4-2;1-3-13(24)9-26-16-7-11-6-12(4-5-15(11)23(2)18(16)25)22-17-14(19)8-20-10-21-17/h6-7,10-12,17H,5,8-9,13-16H2,1-4H3,(H,29,30,31);6-7,9-11H,4-5,8,12H2,1-3H3,(H,23,24,25);5-6,8-10,12H,3-4,7,11H2,1-2H3,(H,22,23,24);4-8,10H,3,9H2,1-2H3,(H,20,21,22). The Balaban J connectivity index is 0.000000159. The number of Topliss-reactive ketones (excluding diaryl/α,β-unsaturated/α-hetero) is 4. The number of nitrogens with one attached hydrogen (secondary N) is 4. The fourth-order valence-electron chi connectivity index (χ4n) is 13.3. The van der Waals surface area contributed by atoms with Crippen LogP contribution in [0.5, 0.6) is 23.0 Å². The van der Waals surface area contributed by atoms with E-state index in [4.69, 9.17) is 75.1 Å². The molecule has 4 N–H and O–H groups in total. The molecule has 8 aromatic heterocycles. The van der Waals surface area contributed by atoms with Crippen molar-refractivity contribution in [1.82, 2.24) is 63.0 Å². The van der Waals surface area contributed by atoms with E-state index in [-0.39, 0.29) is 106 Å². The van der Waals surface area contributed by atoms with Crippen LogP contribution in [-0.4, -0.2) is 158 Å². The molecule has 31 nitrogen and oxygen atoms in total. The van der Waals surface area contributed by atoms with Crippen molar-refractivity contribution in [3.05, 3.63) is 202 Å². The smallest absolute Gasteiger partial charge is 0.293 e. The van der Waals surface area contributed by atoms with E-state index in [2.05, 4.69) is 73.0 Å². The summed E-state index contributed by atoms with van der Waals surface area (Å²) in [7, 11) is 3.74. The van der Waals surface area contributed by atoms with Crippen molar-refractivity contribution in [3.8, 4) is 23.0 Å². The molecule has 4 aromatic carbocycles. The summed E-state index contributed by atoms with van der Waals surface area (Å²) >= 11 is 24.8. The number of fused-ring (bicyclic) bond motifs is 4. The lowest BCUT2D eigenvalue weighted by molar-refractivity contribution is -0.141. The van der Waals surface area contributed by atoms with Crippen LogP contribution in [-0.2, 0) is 44.1 Å². The van der Waals surface area contributed by atoms with Gasteiger partial charge in [0.25, 0.3) is 22.2 Å². The van der Waals surface area contributed by atoms with Crippen molar-refractivity contribution >= 4 is 165 Å². The van der Waals surface area contributed by atoms with Gasteiger partial charge in [-0.25, -0.2) is 34.9 Å². The number of aromatic nitrogens is 12. The molecule has 2 aliphatic rings. The van der Waals surface area contributed by atoms with E-state index in [1.54, 1.807) is 92.0 Å². The molecule has 2 fully saturated rings. The van der Waals surface area contributed by atoms with E-state index in [9.17, 15) is 38.4 Å². The number of rotatable bonds is 30. The minimum Gasteiger partial charge on any atom is -0.480 e. The van der Waals surface area contributed by atoms with E-state index in [1.165, 1.54) is 29.6 Å². The van der Waals surface area contributed by atoms with Gasteiger partial charge in [0.15, 0.2) is 69.4 Å². The molecule has 0 radical (unpaired) electrons. The van der Waals surface area contributed by atoms with Gasteiger partial charge in [0.2, 0.25) is 5.95 Å². The predicted octanol–water partition coefficient (Wildman–Crippen LogP) is 15.0. The molecule has 14 rings (SSSR count). The molecule has 0 amide bonds. The van der Waals surface area contributed by atoms with Gasteiger partial charge in [-0.15, -0.1) is 0 Å². The van der Waals surface area contributed by atoms with Gasteiger partial charge in [-0.2, -0.15) is 4.98 Å². The first-order chi connectivity index (χ1) is 58.1. The third kappa shape index (κ3) is 22.5. The SMILES string of the molecule is CCC(=O)COc1cc2cc(Nc3nc(N4CCOC5(CN(C)C5)C4)ncc3Cl)ccc2n(C(C)C)c1=O.CCC(=O)COc1cc2cc(Nc3ncncc3Cl)ccc2n(C)c1=O.CCCn1c(=O)c(OCC(=O)CC)cc2cc(Nc3nc(C)ncc3Cl)ccc21.CCCn1c(=O)c(OCC(=O)CC)cc2cc(Nc3ncncc3Cl)ccc21. The summed E-state index contributed by atoms with van der Waals surface area (Å²) in [5.74, 6) is 3.53. The van der Waals surface area contributed by atoms with Crippen LogP contribution in [0.15, 0.2) is 154 Å². The highest BCUT2D eigenvalue weighted by Gasteiger charge is 2.46. The summed E-state index contributed by atoms with van der Waals surface area (Å²) in [5, 5.41) is 17.5. The molecule has 0 unspecified atom stereocenters. The summed E-state index contributed by atoms with van der Waals surface area (Å²) in [6, 6.07) is 28.9. The maximum absolute atomic E-state index is 13.1. The number of hydrogen-bond donors (Lipinski definition) is 4. The van der Waals surface area contributed by atoms with E-state index < -0.39 is 0 Å². The largest absolute Gasteiger partial charge is 0.480 e. The lowest BCUT2D eigenvalue weighted by Crippen LogP contribution is -2.69. The highest BCUT2D eigenvalue weighted by molar-refractivity contribution is 6.34. The second-order valence-electron chi connectivity index (χ2n) is 28.9. The number of morpholine rings is 1. The number of pyridine rings is 4. The van der Waals surface area contributed by atoms with Gasteiger partial charge in [0.1, 0.15) is 70.6 Å². The van der Waals surface area contributed by atoms with Gasteiger partial charge in [0.05, 0.1) is 60.0 Å². The summed E-state index contributed by atoms with van der Waals surface area (Å²) in [6.45, 7) is 21.2. The van der Waals surface area contributed by atoms with Crippen molar-refractivity contribution in [2.24, 2.45) is 7.05 Å². The van der Waals surface area contributed by atoms with Gasteiger partial charge in [-0.05, 0) is 138 Å². The number of ketones is 4. The van der Waals surface area contributed by atoms with E-state index in [0.717, 1.165) is 98.8 Å². The molecule has 121 heavy (non-hydrogen) atoms. The average Bonchev–Trinajstić information content (AvgIpc) is 0.762. The minimum absolute atomic E-state index is 0.0595. The van der Waals surface area contributed by atoms with Gasteiger partial charge in [-0.3, -0.25) is 38.4 Å². The van der Waals surface area contributed by atoms with Crippen LogP contribution in [0.4, 0.5) is 52.0 Å². The topological polar surface area (TPSA) is 360 Å². The van der Waals surface area contributed by atoms with Gasteiger partial charge in [-0.1, -0.05) is 87.9 Å². The Morgan fingerprint density at radius 2 is 0.843 bits per heavy atom. The van der Waals surface area contributed by atoms with Crippen LogP contribution in [0.2, 0.25) is 20.1 Å². The zero-order valence-electron chi connectivity index (χ0n) is 68.9. The lowest BCUT2D eigenvalue weighted by Gasteiger charge is -2.52. The Kier molecular flexibility index (Phi) is 30.7. The Morgan fingerprint density at radius 3 is 1.26 bits per heavy atom. The van der Waals surface area contributed by atoms with Crippen LogP contribution >= 0.6 is 46.4 Å². The molecule has 0 bridgehead atoms. The number of halogens is 4. The van der Waals surface area contributed by atoms with Crippen LogP contribution in [0, 0.1) is 6.92 Å². The third-order valence-electron chi connectivity index (χ3n) is 19.5. The quantitative estimate of drug-likeness (QED) is 0.0325.